The Balaban J connectivity index is 1.90. The van der Waals surface area contributed by atoms with Crippen LogP contribution in [-0.2, 0) is 9.59 Å². The predicted octanol–water partition coefficient (Wildman–Crippen LogP) is -1.70. The second-order valence-corrected chi connectivity index (χ2v) is 5.94. The van der Waals surface area contributed by atoms with E-state index in [1.165, 1.54) is 12.1 Å². The number of phenolic OH excluding ortho intramolecular Hbond substituents is 1. The van der Waals surface area contributed by atoms with Crippen molar-refractivity contribution < 1.29 is 30.0 Å². The summed E-state index contributed by atoms with van der Waals surface area (Å²) >= 11 is 0. The Morgan fingerprint density at radius 1 is 1.33 bits per heavy atom. The number of hydrogen-bond acceptors (Lipinski definition) is 9. The summed E-state index contributed by atoms with van der Waals surface area (Å²) in [7, 11) is 0. The molecule has 1 heterocycles. The number of carbonyl (C=O) groups is 2. The number of aliphatic imine (C=N–C) groups is 1. The van der Waals surface area contributed by atoms with Crippen molar-refractivity contribution in [2.45, 2.75) is 18.8 Å². The molecule has 2 rings (SSSR count). The van der Waals surface area contributed by atoms with Crippen LogP contribution in [-0.4, -0.2) is 70.5 Å². The molecular weight excluding hydrogens is 358 g/mol. The molecule has 1 amide bonds. The van der Waals surface area contributed by atoms with Crippen LogP contribution < -0.4 is 21.3 Å². The van der Waals surface area contributed by atoms with Gasteiger partial charge in [0.2, 0.25) is 5.91 Å². The lowest BCUT2D eigenvalue weighted by Crippen LogP contribution is -2.42. The highest BCUT2D eigenvalue weighted by molar-refractivity contribution is 5.94. The fraction of sp³-hybridized carbons (Fsp3) is 0.438. The fourth-order valence-electron chi connectivity index (χ4n) is 2.30. The highest BCUT2D eigenvalue weighted by Crippen LogP contribution is 2.23. The number of nitrogens with zero attached hydrogens (tertiary/aromatic N) is 1. The summed E-state index contributed by atoms with van der Waals surface area (Å²) in [5.41, 5.74) is 0.770. The third kappa shape index (κ3) is 7.09. The van der Waals surface area contributed by atoms with E-state index in [0.29, 0.717) is 23.8 Å². The van der Waals surface area contributed by atoms with Gasteiger partial charge in [-0.3, -0.25) is 19.9 Å². The quantitative estimate of drug-likeness (QED) is 0.244. The lowest BCUT2D eigenvalue weighted by molar-refractivity contribution is -0.136. The molecule has 148 valence electrons. The maximum Gasteiger partial charge on any atom is 0.305 e. The van der Waals surface area contributed by atoms with E-state index in [0.717, 1.165) is 0 Å². The van der Waals surface area contributed by atoms with Crippen molar-refractivity contribution in [3.8, 4) is 5.75 Å². The van der Waals surface area contributed by atoms with Gasteiger partial charge in [-0.05, 0) is 12.1 Å². The molecule has 0 bridgehead atoms. The van der Waals surface area contributed by atoms with Crippen LogP contribution in [0.3, 0.4) is 0 Å². The normalized spacial score (nSPS) is 17.4. The van der Waals surface area contributed by atoms with Crippen LogP contribution in [0.25, 0.3) is 0 Å². The van der Waals surface area contributed by atoms with Gasteiger partial charge >= 0.3 is 5.97 Å². The minimum atomic E-state index is -1.23. The summed E-state index contributed by atoms with van der Waals surface area (Å²) < 4.78 is 0. The van der Waals surface area contributed by atoms with E-state index in [2.05, 4.69) is 26.3 Å². The number of β-amino-alcohol motifs (C(OH)–C–C–N with tert-alkyl or cyclic N) is 1. The number of aliphatic hydroxyl groups excluding tert-OH is 2. The zero-order valence-electron chi connectivity index (χ0n) is 14.5. The van der Waals surface area contributed by atoms with E-state index < -0.39 is 24.2 Å². The van der Waals surface area contributed by atoms with Crippen LogP contribution in [0.1, 0.15) is 18.2 Å². The SMILES string of the molecule is O=C(O)CCNC(=O)CNC(O)c1cc(O)cc(NC2=NCC(O)CN2)c1. The number of nitrogens with one attached hydrogen (secondary N) is 4. The number of benzene rings is 1. The van der Waals surface area contributed by atoms with Gasteiger partial charge in [0.05, 0.1) is 25.6 Å². The second kappa shape index (κ2) is 9.71. The third-order valence-electron chi connectivity index (χ3n) is 3.60. The van der Waals surface area contributed by atoms with E-state index in [1.54, 1.807) is 6.07 Å². The van der Waals surface area contributed by atoms with Gasteiger partial charge in [-0.25, -0.2) is 0 Å². The van der Waals surface area contributed by atoms with Gasteiger partial charge in [0.1, 0.15) is 12.0 Å². The number of phenols is 1. The molecule has 0 fully saturated rings. The lowest BCUT2D eigenvalue weighted by Gasteiger charge is -2.21. The fourth-order valence-corrected chi connectivity index (χ4v) is 2.30. The second-order valence-electron chi connectivity index (χ2n) is 5.94. The van der Waals surface area contributed by atoms with Crippen molar-refractivity contribution in [2.75, 3.05) is 31.5 Å². The number of anilines is 1. The minimum absolute atomic E-state index is 0.00402. The molecule has 1 aromatic carbocycles. The van der Waals surface area contributed by atoms with Gasteiger partial charge in [0, 0.05) is 30.4 Å². The number of rotatable bonds is 8. The summed E-state index contributed by atoms with van der Waals surface area (Å²) in [6.07, 6.45) is -1.97. The van der Waals surface area contributed by atoms with E-state index in [-0.39, 0.29) is 31.8 Å². The number of carboxylic acid groups (broad SMARTS) is 1. The van der Waals surface area contributed by atoms with Gasteiger partial charge < -0.3 is 36.4 Å². The summed E-state index contributed by atoms with van der Waals surface area (Å²) in [5.74, 6) is -1.15. The topological polar surface area (TPSA) is 176 Å². The summed E-state index contributed by atoms with van der Waals surface area (Å²) in [6, 6.07) is 4.34. The Morgan fingerprint density at radius 3 is 2.78 bits per heavy atom. The number of aromatic hydroxyl groups is 1. The zero-order chi connectivity index (χ0) is 19.8. The van der Waals surface area contributed by atoms with Crippen molar-refractivity contribution in [3.05, 3.63) is 23.8 Å². The van der Waals surface area contributed by atoms with Crippen molar-refractivity contribution in [2.24, 2.45) is 4.99 Å². The molecule has 11 nitrogen and oxygen atoms in total. The third-order valence-corrected chi connectivity index (χ3v) is 3.60. The van der Waals surface area contributed by atoms with E-state index in [1.807, 2.05) is 0 Å². The van der Waals surface area contributed by atoms with Crippen LogP contribution in [0.5, 0.6) is 5.75 Å². The first-order valence-corrected chi connectivity index (χ1v) is 8.31. The van der Waals surface area contributed by atoms with E-state index in [9.17, 15) is 24.9 Å². The molecule has 27 heavy (non-hydrogen) atoms. The molecule has 0 radical (unpaired) electrons. The monoisotopic (exact) mass is 381 g/mol. The van der Waals surface area contributed by atoms with Crippen LogP contribution in [0.4, 0.5) is 5.69 Å². The predicted molar refractivity (Wildman–Crippen MR) is 96.3 cm³/mol. The number of carbonyl (C=O) groups excluding carboxylic acids is 1. The van der Waals surface area contributed by atoms with Crippen molar-refractivity contribution in [1.29, 1.82) is 0 Å². The molecule has 1 aliphatic rings. The van der Waals surface area contributed by atoms with Gasteiger partial charge in [0.25, 0.3) is 0 Å². The summed E-state index contributed by atoms with van der Waals surface area (Å²) in [6.45, 7) is 0.363. The Labute approximate surface area is 155 Å². The Hall–Kier alpha value is -2.89. The molecule has 0 spiro atoms. The number of hydrogen-bond donors (Lipinski definition) is 8. The zero-order valence-corrected chi connectivity index (χ0v) is 14.5. The highest BCUT2D eigenvalue weighted by atomic mass is 16.4. The van der Waals surface area contributed by atoms with Crippen molar-refractivity contribution in [1.82, 2.24) is 16.0 Å². The minimum Gasteiger partial charge on any atom is -0.508 e. The standard InChI is InChI=1S/C16H23N5O6/c22-11-4-9(15(27)18-8-13(24)17-2-1-14(25)26)3-10(5-11)21-16-19-6-12(23)7-20-16/h3-5,12,15,18,22-23,27H,1-2,6-8H2,(H,17,24)(H,25,26)(H2,19,20,21). The number of amides is 1. The molecule has 0 aromatic heterocycles. The number of aliphatic carboxylic acids is 1. The molecular formula is C16H23N5O6. The van der Waals surface area contributed by atoms with Gasteiger partial charge in [-0.15, -0.1) is 0 Å². The van der Waals surface area contributed by atoms with E-state index >= 15 is 0 Å². The van der Waals surface area contributed by atoms with Gasteiger partial charge in [-0.2, -0.15) is 0 Å². The first kappa shape index (κ1) is 20.4. The van der Waals surface area contributed by atoms with Gasteiger partial charge in [-0.1, -0.05) is 0 Å². The molecule has 8 N–H and O–H groups in total. The molecule has 2 atom stereocenters. The smallest absolute Gasteiger partial charge is 0.305 e. The lowest BCUT2D eigenvalue weighted by atomic mass is 10.1. The maximum atomic E-state index is 11.6. The van der Waals surface area contributed by atoms with Crippen molar-refractivity contribution in [3.63, 3.8) is 0 Å². The van der Waals surface area contributed by atoms with Crippen LogP contribution in [0.15, 0.2) is 23.2 Å². The number of aliphatic hydroxyl groups is 2. The highest BCUT2D eigenvalue weighted by Gasteiger charge is 2.15. The maximum absolute atomic E-state index is 11.6. The number of guanidine groups is 1. The molecule has 2 unspecified atom stereocenters. The van der Waals surface area contributed by atoms with Crippen LogP contribution >= 0.6 is 0 Å². The average molecular weight is 381 g/mol. The summed E-state index contributed by atoms with van der Waals surface area (Å²) in [4.78, 5) is 26.1. The van der Waals surface area contributed by atoms with Crippen molar-refractivity contribution >= 4 is 23.5 Å². The molecule has 1 aliphatic heterocycles. The van der Waals surface area contributed by atoms with Crippen LogP contribution in [0, 0.1) is 0 Å². The Morgan fingerprint density at radius 2 is 2.11 bits per heavy atom. The average Bonchev–Trinajstić information content (AvgIpc) is 2.61. The largest absolute Gasteiger partial charge is 0.508 e. The molecule has 0 aliphatic carbocycles. The Bertz CT molecular complexity index is 711. The molecule has 0 saturated heterocycles. The number of carboxylic acids is 1. The first-order chi connectivity index (χ1) is 12.8. The first-order valence-electron chi connectivity index (χ1n) is 8.31. The molecule has 11 heteroatoms. The van der Waals surface area contributed by atoms with E-state index in [4.69, 9.17) is 5.11 Å². The molecule has 0 saturated carbocycles. The van der Waals surface area contributed by atoms with Crippen LogP contribution in [0.2, 0.25) is 0 Å². The summed E-state index contributed by atoms with van der Waals surface area (Å²) in [5, 5.41) is 48.7. The van der Waals surface area contributed by atoms with Gasteiger partial charge in [0.15, 0.2) is 5.96 Å². The Kier molecular flexibility index (Phi) is 7.34. The molecule has 1 aromatic rings.